The van der Waals surface area contributed by atoms with Crippen LogP contribution in [0.5, 0.6) is 0 Å². The Balaban J connectivity index is 1.60. The molecule has 0 aliphatic carbocycles. The molecule has 0 radical (unpaired) electrons. The number of fused-ring (bicyclic) bond motifs is 1. The minimum absolute atomic E-state index is 0.0632. The molecule has 3 aromatic heterocycles. The Hall–Kier alpha value is -2.38. The Bertz CT molecular complexity index is 957. The molecule has 25 heavy (non-hydrogen) atoms. The van der Waals surface area contributed by atoms with E-state index in [1.807, 2.05) is 24.3 Å². The van der Waals surface area contributed by atoms with Crippen LogP contribution < -0.4 is 5.56 Å². The molecule has 1 aliphatic heterocycles. The molecule has 0 spiro atoms. The van der Waals surface area contributed by atoms with E-state index in [4.69, 9.17) is 0 Å². The summed E-state index contributed by atoms with van der Waals surface area (Å²) < 4.78 is 0.848. The molecular weight excluding hydrogens is 382 g/mol. The number of nitrogens with one attached hydrogen (secondary N) is 1. The van der Waals surface area contributed by atoms with E-state index < -0.39 is 0 Å². The van der Waals surface area contributed by atoms with Crippen LogP contribution in [-0.4, -0.2) is 31.4 Å². The van der Waals surface area contributed by atoms with Gasteiger partial charge in [0.05, 0.1) is 11.3 Å². The van der Waals surface area contributed by atoms with Gasteiger partial charge in [0.15, 0.2) is 0 Å². The van der Waals surface area contributed by atoms with Crippen LogP contribution in [0, 0.1) is 0 Å². The van der Waals surface area contributed by atoms with E-state index in [-0.39, 0.29) is 5.56 Å². The van der Waals surface area contributed by atoms with Gasteiger partial charge in [-0.1, -0.05) is 6.07 Å². The van der Waals surface area contributed by atoms with Crippen LogP contribution in [0.3, 0.4) is 0 Å². The Kier molecular flexibility index (Phi) is 4.42. The number of halogens is 1. The third-order valence-corrected chi connectivity index (χ3v) is 5.05. The van der Waals surface area contributed by atoms with Crippen molar-refractivity contribution < 1.29 is 0 Å². The molecule has 3 aromatic rings. The first-order valence-electron chi connectivity index (χ1n) is 8.05. The Morgan fingerprint density at radius 2 is 2.04 bits per heavy atom. The van der Waals surface area contributed by atoms with Crippen LogP contribution in [0.4, 0.5) is 0 Å². The standard InChI is InChI=1S/C18H16BrN5O/c19-16-13(2-1-6-21-16)10-24-9-5-15-14(11-24)18(25)23-17(22-15)12-3-7-20-8-4-12/h1-4,6-8H,5,9-11H2,(H,22,23,25). The highest BCUT2D eigenvalue weighted by Gasteiger charge is 2.22. The molecule has 126 valence electrons. The number of aromatic amines is 1. The van der Waals surface area contributed by atoms with Gasteiger partial charge in [-0.25, -0.2) is 9.97 Å². The average Bonchev–Trinajstić information content (AvgIpc) is 2.65. The number of hydrogen-bond acceptors (Lipinski definition) is 5. The van der Waals surface area contributed by atoms with Crippen molar-refractivity contribution in [2.75, 3.05) is 6.54 Å². The van der Waals surface area contributed by atoms with Crippen molar-refractivity contribution in [2.45, 2.75) is 19.5 Å². The average molecular weight is 398 g/mol. The first-order chi connectivity index (χ1) is 12.2. The summed E-state index contributed by atoms with van der Waals surface area (Å²) >= 11 is 3.48. The summed E-state index contributed by atoms with van der Waals surface area (Å²) in [6, 6.07) is 7.66. The summed E-state index contributed by atoms with van der Waals surface area (Å²) in [5, 5.41) is 0. The molecule has 6 nitrogen and oxygen atoms in total. The topological polar surface area (TPSA) is 74.8 Å². The highest BCUT2D eigenvalue weighted by Crippen LogP contribution is 2.21. The van der Waals surface area contributed by atoms with Crippen molar-refractivity contribution in [3.8, 4) is 11.4 Å². The number of nitrogens with zero attached hydrogens (tertiary/aromatic N) is 4. The molecule has 0 bridgehead atoms. The predicted octanol–water partition coefficient (Wildman–Crippen LogP) is 2.55. The highest BCUT2D eigenvalue weighted by molar-refractivity contribution is 9.10. The molecule has 4 heterocycles. The van der Waals surface area contributed by atoms with E-state index in [0.29, 0.717) is 12.4 Å². The summed E-state index contributed by atoms with van der Waals surface area (Å²) in [6.45, 7) is 2.20. The van der Waals surface area contributed by atoms with Gasteiger partial charge in [0.2, 0.25) is 0 Å². The third kappa shape index (κ3) is 3.38. The van der Waals surface area contributed by atoms with E-state index in [1.165, 1.54) is 0 Å². The zero-order valence-corrected chi connectivity index (χ0v) is 15.0. The molecule has 1 N–H and O–H groups in total. The minimum Gasteiger partial charge on any atom is -0.306 e. The van der Waals surface area contributed by atoms with Gasteiger partial charge in [0.1, 0.15) is 10.4 Å². The maximum Gasteiger partial charge on any atom is 0.255 e. The summed E-state index contributed by atoms with van der Waals surface area (Å²) in [6.07, 6.45) is 5.91. The second kappa shape index (κ2) is 6.85. The van der Waals surface area contributed by atoms with Gasteiger partial charge in [-0.05, 0) is 39.7 Å². The summed E-state index contributed by atoms with van der Waals surface area (Å²) in [5.74, 6) is 0.606. The lowest BCUT2D eigenvalue weighted by molar-refractivity contribution is 0.241. The largest absolute Gasteiger partial charge is 0.306 e. The second-order valence-corrected chi connectivity index (χ2v) is 6.74. The quantitative estimate of drug-likeness (QED) is 0.687. The van der Waals surface area contributed by atoms with Gasteiger partial charge < -0.3 is 4.98 Å². The molecule has 7 heteroatoms. The summed E-state index contributed by atoms with van der Waals surface area (Å²) in [7, 11) is 0. The van der Waals surface area contributed by atoms with Gasteiger partial charge >= 0.3 is 0 Å². The van der Waals surface area contributed by atoms with Gasteiger partial charge in [0, 0.05) is 50.2 Å². The van der Waals surface area contributed by atoms with Crippen molar-refractivity contribution in [3.63, 3.8) is 0 Å². The number of hydrogen-bond donors (Lipinski definition) is 1. The van der Waals surface area contributed by atoms with Gasteiger partial charge in [-0.3, -0.25) is 14.7 Å². The van der Waals surface area contributed by atoms with Crippen molar-refractivity contribution in [1.82, 2.24) is 24.8 Å². The maximum atomic E-state index is 12.6. The van der Waals surface area contributed by atoms with Crippen LogP contribution in [-0.2, 0) is 19.5 Å². The number of H-pyrrole nitrogens is 1. The lowest BCUT2D eigenvalue weighted by Crippen LogP contribution is -2.35. The number of rotatable bonds is 3. The second-order valence-electron chi connectivity index (χ2n) is 5.99. The molecule has 4 rings (SSSR count). The van der Waals surface area contributed by atoms with Crippen LogP contribution in [0.1, 0.15) is 16.8 Å². The van der Waals surface area contributed by atoms with Crippen LogP contribution in [0.2, 0.25) is 0 Å². The first kappa shape index (κ1) is 16.1. The molecule has 0 fully saturated rings. The predicted molar refractivity (Wildman–Crippen MR) is 97.8 cm³/mol. The van der Waals surface area contributed by atoms with Crippen LogP contribution in [0.15, 0.2) is 52.3 Å². The van der Waals surface area contributed by atoms with E-state index in [1.54, 1.807) is 18.6 Å². The molecule has 0 saturated heterocycles. The number of aromatic nitrogens is 4. The molecule has 0 amide bonds. The smallest absolute Gasteiger partial charge is 0.255 e. The molecule has 0 aromatic carbocycles. The fourth-order valence-electron chi connectivity index (χ4n) is 3.04. The van der Waals surface area contributed by atoms with Crippen molar-refractivity contribution in [2.24, 2.45) is 0 Å². The fourth-order valence-corrected chi connectivity index (χ4v) is 3.42. The third-order valence-electron chi connectivity index (χ3n) is 4.33. The molecule has 0 atom stereocenters. The SMILES string of the molecule is O=c1[nH]c(-c2ccncc2)nc2c1CN(Cc1cccnc1Br)CC2. The Morgan fingerprint density at radius 1 is 1.20 bits per heavy atom. The molecule has 0 saturated carbocycles. The van der Waals surface area contributed by atoms with Crippen molar-refractivity contribution in [3.05, 3.63) is 74.6 Å². The normalized spacial score (nSPS) is 14.3. The Labute approximate surface area is 153 Å². The summed E-state index contributed by atoms with van der Waals surface area (Å²) in [5.41, 5.74) is 3.56. The van der Waals surface area contributed by atoms with Crippen molar-refractivity contribution >= 4 is 15.9 Å². The van der Waals surface area contributed by atoms with E-state index >= 15 is 0 Å². The summed E-state index contributed by atoms with van der Waals surface area (Å²) in [4.78, 5) is 30.6. The fraction of sp³-hybridized carbons (Fsp3) is 0.222. The number of pyridine rings is 2. The Morgan fingerprint density at radius 3 is 2.84 bits per heavy atom. The highest BCUT2D eigenvalue weighted by atomic mass is 79.9. The van der Waals surface area contributed by atoms with Gasteiger partial charge in [0.25, 0.3) is 5.56 Å². The molecular formula is C18H16BrN5O. The van der Waals surface area contributed by atoms with Crippen LogP contribution in [0.25, 0.3) is 11.4 Å². The van der Waals surface area contributed by atoms with Gasteiger partial charge in [-0.2, -0.15) is 0 Å². The first-order valence-corrected chi connectivity index (χ1v) is 8.84. The lowest BCUT2D eigenvalue weighted by atomic mass is 10.1. The van der Waals surface area contributed by atoms with E-state index in [0.717, 1.165) is 46.5 Å². The van der Waals surface area contributed by atoms with E-state index in [2.05, 4.69) is 40.8 Å². The zero-order chi connectivity index (χ0) is 17.2. The minimum atomic E-state index is -0.0632. The van der Waals surface area contributed by atoms with Crippen LogP contribution >= 0.6 is 15.9 Å². The van der Waals surface area contributed by atoms with Crippen molar-refractivity contribution in [1.29, 1.82) is 0 Å². The monoisotopic (exact) mass is 397 g/mol. The molecule has 0 unspecified atom stereocenters. The zero-order valence-electron chi connectivity index (χ0n) is 13.4. The maximum absolute atomic E-state index is 12.6. The van der Waals surface area contributed by atoms with E-state index in [9.17, 15) is 4.79 Å². The molecule has 1 aliphatic rings. The lowest BCUT2D eigenvalue weighted by Gasteiger charge is -2.27. The van der Waals surface area contributed by atoms with Gasteiger partial charge in [-0.15, -0.1) is 0 Å².